The zero-order chi connectivity index (χ0) is 29.6. The molecule has 1 aromatic heterocycles. The predicted molar refractivity (Wildman–Crippen MR) is 148 cm³/mol. The number of fused-ring (bicyclic) bond motifs is 1. The van der Waals surface area contributed by atoms with Gasteiger partial charge in [0.05, 0.1) is 30.2 Å². The number of benzene rings is 1. The summed E-state index contributed by atoms with van der Waals surface area (Å²) in [6.45, 7) is 3.05. The minimum Gasteiger partial charge on any atom is -0.477 e. The first kappa shape index (κ1) is 29.0. The molecule has 3 saturated heterocycles. The topological polar surface area (TPSA) is 141 Å². The van der Waals surface area contributed by atoms with Crippen LogP contribution in [0.3, 0.4) is 0 Å². The smallest absolute Gasteiger partial charge is 0.256 e. The molecule has 2 N–H and O–H groups in total. The molecule has 11 nitrogen and oxygen atoms in total. The van der Waals surface area contributed by atoms with Gasteiger partial charge in [0, 0.05) is 62.6 Å². The van der Waals surface area contributed by atoms with Crippen LogP contribution in [0.2, 0.25) is 0 Å². The number of halogens is 1. The van der Waals surface area contributed by atoms with Crippen molar-refractivity contribution in [2.45, 2.75) is 42.1 Å². The third-order valence-corrected chi connectivity index (χ3v) is 9.81. The van der Waals surface area contributed by atoms with Crippen molar-refractivity contribution in [2.24, 2.45) is 17.0 Å². The Kier molecular flexibility index (Phi) is 7.71. The number of likely N-dealkylation sites (tertiary alicyclic amines) is 2. The van der Waals surface area contributed by atoms with E-state index in [2.05, 4.69) is 0 Å². The Hall–Kier alpha value is -3.13. The second-order valence-electron chi connectivity index (χ2n) is 11.8. The van der Waals surface area contributed by atoms with Gasteiger partial charge in [0.2, 0.25) is 15.9 Å². The molecule has 2 amide bonds. The summed E-state index contributed by atoms with van der Waals surface area (Å²) in [5.41, 5.74) is 0.331. The normalized spacial score (nSPS) is 24.6. The Morgan fingerprint density at radius 2 is 1.76 bits per heavy atom. The van der Waals surface area contributed by atoms with Crippen molar-refractivity contribution in [3.8, 4) is 5.88 Å². The van der Waals surface area contributed by atoms with E-state index in [1.165, 1.54) is 4.90 Å². The summed E-state index contributed by atoms with van der Waals surface area (Å²) in [6, 6.07) is 6.56. The highest BCUT2D eigenvalue weighted by Gasteiger charge is 2.55. The maximum absolute atomic E-state index is 14.7. The summed E-state index contributed by atoms with van der Waals surface area (Å²) in [5, 5.41) is 5.08. The largest absolute Gasteiger partial charge is 0.477 e. The SMILES string of the molecule is CO[C@@]12CN(C(=O)c3cc(OCC4CCOCC4)nc(C4CC4)c3)C[C@H]1CN(C(=O)c1ccc(S(N)(=O)=O)cc1F)C2. The zero-order valence-corrected chi connectivity index (χ0v) is 24.3. The van der Waals surface area contributed by atoms with Gasteiger partial charge in [-0.3, -0.25) is 9.59 Å². The summed E-state index contributed by atoms with van der Waals surface area (Å²) in [6.07, 6.45) is 3.96. The van der Waals surface area contributed by atoms with Crippen LogP contribution in [0.25, 0.3) is 0 Å². The average Bonchev–Trinajstić information content (AvgIpc) is 3.68. The fourth-order valence-corrected chi connectivity index (χ4v) is 6.76. The number of hydrogen-bond acceptors (Lipinski definition) is 8. The summed E-state index contributed by atoms with van der Waals surface area (Å²) in [4.78, 5) is 34.5. The van der Waals surface area contributed by atoms with Crippen LogP contribution in [0.5, 0.6) is 5.88 Å². The second-order valence-corrected chi connectivity index (χ2v) is 13.3. The molecule has 1 saturated carbocycles. The van der Waals surface area contributed by atoms with Crippen molar-refractivity contribution in [2.75, 3.05) is 53.1 Å². The van der Waals surface area contributed by atoms with Crippen molar-refractivity contribution >= 4 is 21.8 Å². The van der Waals surface area contributed by atoms with E-state index in [1.807, 2.05) is 6.07 Å². The van der Waals surface area contributed by atoms with Gasteiger partial charge in [-0.1, -0.05) is 0 Å². The van der Waals surface area contributed by atoms with E-state index in [0.29, 0.717) is 36.4 Å². The second kappa shape index (κ2) is 11.2. The van der Waals surface area contributed by atoms with Gasteiger partial charge in [-0.25, -0.2) is 22.9 Å². The molecule has 6 rings (SSSR count). The molecular weight excluding hydrogens is 567 g/mol. The van der Waals surface area contributed by atoms with Gasteiger partial charge >= 0.3 is 0 Å². The lowest BCUT2D eigenvalue weighted by Crippen LogP contribution is -2.44. The molecule has 0 radical (unpaired) electrons. The maximum Gasteiger partial charge on any atom is 0.256 e. The Balaban J connectivity index is 1.15. The number of carbonyl (C=O) groups excluding carboxylic acids is 2. The molecule has 3 aliphatic heterocycles. The van der Waals surface area contributed by atoms with Crippen LogP contribution >= 0.6 is 0 Å². The molecule has 0 unspecified atom stereocenters. The molecule has 4 fully saturated rings. The standard InChI is InChI=1S/C29H35FN4O7S/c1-39-29-16-33(13-21(29)14-34(17-29)28(36)23-5-4-22(12-24(23)30)42(31,37)38)27(35)20-10-25(19-2-3-19)32-26(11-20)41-15-18-6-8-40-9-7-18/h4-5,10-12,18-19,21H,2-3,6-9,13-17H2,1H3,(H2,31,37,38)/t21-,29+/m0/s1. The number of ether oxygens (including phenoxy) is 3. The lowest BCUT2D eigenvalue weighted by atomic mass is 9.95. The lowest BCUT2D eigenvalue weighted by molar-refractivity contribution is -0.0111. The molecule has 42 heavy (non-hydrogen) atoms. The van der Waals surface area contributed by atoms with Crippen molar-refractivity contribution < 1.29 is 36.6 Å². The van der Waals surface area contributed by atoms with Crippen LogP contribution < -0.4 is 9.88 Å². The van der Waals surface area contributed by atoms with Gasteiger partial charge < -0.3 is 24.0 Å². The molecule has 0 spiro atoms. The van der Waals surface area contributed by atoms with Gasteiger partial charge in [-0.05, 0) is 55.9 Å². The highest BCUT2D eigenvalue weighted by atomic mass is 32.2. The number of sulfonamides is 1. The van der Waals surface area contributed by atoms with Gasteiger partial charge in [0.15, 0.2) is 0 Å². The first-order chi connectivity index (χ1) is 20.1. The third kappa shape index (κ3) is 5.75. The predicted octanol–water partition coefficient (Wildman–Crippen LogP) is 2.16. The highest BCUT2D eigenvalue weighted by molar-refractivity contribution is 7.89. The number of hydrogen-bond donors (Lipinski definition) is 1. The molecular formula is C29H35FN4O7S. The van der Waals surface area contributed by atoms with E-state index >= 15 is 0 Å². The number of methoxy groups -OCH3 is 1. The van der Waals surface area contributed by atoms with Crippen molar-refractivity contribution in [3.05, 3.63) is 53.0 Å². The number of primary sulfonamides is 1. The van der Waals surface area contributed by atoms with Crippen LogP contribution in [0.4, 0.5) is 4.39 Å². The zero-order valence-electron chi connectivity index (χ0n) is 23.5. The van der Waals surface area contributed by atoms with Crippen molar-refractivity contribution in [3.63, 3.8) is 0 Å². The van der Waals surface area contributed by atoms with Crippen molar-refractivity contribution in [1.82, 2.24) is 14.8 Å². The van der Waals surface area contributed by atoms with E-state index < -0.39 is 32.2 Å². The third-order valence-electron chi connectivity index (χ3n) is 8.90. The molecule has 2 aromatic rings. The molecule has 2 atom stereocenters. The fraction of sp³-hybridized carbons (Fsp3) is 0.552. The van der Waals surface area contributed by atoms with Crippen LogP contribution in [0.1, 0.15) is 58.0 Å². The first-order valence-electron chi connectivity index (χ1n) is 14.2. The molecule has 4 aliphatic rings. The summed E-state index contributed by atoms with van der Waals surface area (Å²) < 4.78 is 55.3. The molecule has 4 heterocycles. The van der Waals surface area contributed by atoms with E-state index in [9.17, 15) is 22.4 Å². The van der Waals surface area contributed by atoms with Crippen molar-refractivity contribution in [1.29, 1.82) is 0 Å². The van der Waals surface area contributed by atoms with E-state index in [4.69, 9.17) is 24.3 Å². The Labute approximate surface area is 244 Å². The number of nitrogens with two attached hydrogens (primary N) is 1. The van der Waals surface area contributed by atoms with E-state index in [0.717, 1.165) is 62.8 Å². The Bertz CT molecular complexity index is 1490. The number of nitrogens with zero attached hydrogens (tertiary/aromatic N) is 3. The number of carbonyl (C=O) groups is 2. The summed E-state index contributed by atoms with van der Waals surface area (Å²) in [7, 11) is -2.55. The van der Waals surface area contributed by atoms with E-state index in [-0.39, 0.29) is 37.0 Å². The number of aromatic nitrogens is 1. The Morgan fingerprint density at radius 1 is 1.07 bits per heavy atom. The minimum absolute atomic E-state index is 0.149. The Morgan fingerprint density at radius 3 is 2.36 bits per heavy atom. The van der Waals surface area contributed by atoms with Crippen LogP contribution in [-0.4, -0.2) is 93.7 Å². The van der Waals surface area contributed by atoms with Crippen LogP contribution in [0.15, 0.2) is 35.2 Å². The monoisotopic (exact) mass is 602 g/mol. The number of amides is 2. The van der Waals surface area contributed by atoms with Gasteiger partial charge in [0.25, 0.3) is 11.8 Å². The van der Waals surface area contributed by atoms with E-state index in [1.54, 1.807) is 18.1 Å². The minimum atomic E-state index is -4.10. The molecule has 226 valence electrons. The van der Waals surface area contributed by atoms with Crippen LogP contribution in [-0.2, 0) is 19.5 Å². The van der Waals surface area contributed by atoms with Crippen LogP contribution in [0, 0.1) is 17.7 Å². The highest BCUT2D eigenvalue weighted by Crippen LogP contribution is 2.42. The maximum atomic E-state index is 14.7. The lowest BCUT2D eigenvalue weighted by Gasteiger charge is -2.28. The number of rotatable bonds is 8. The summed E-state index contributed by atoms with van der Waals surface area (Å²) in [5.74, 6) is -0.681. The summed E-state index contributed by atoms with van der Waals surface area (Å²) >= 11 is 0. The number of pyridine rings is 1. The molecule has 1 aromatic carbocycles. The van der Waals surface area contributed by atoms with Gasteiger partial charge in [-0.15, -0.1) is 0 Å². The fourth-order valence-electron chi connectivity index (χ4n) is 6.24. The molecule has 13 heteroatoms. The van der Waals surface area contributed by atoms with Gasteiger partial charge in [0.1, 0.15) is 11.4 Å². The quantitative estimate of drug-likeness (QED) is 0.485. The average molecular weight is 603 g/mol. The molecule has 1 aliphatic carbocycles. The molecule has 0 bridgehead atoms. The van der Waals surface area contributed by atoms with Gasteiger partial charge in [-0.2, -0.15) is 0 Å². The first-order valence-corrected chi connectivity index (χ1v) is 15.8.